The summed E-state index contributed by atoms with van der Waals surface area (Å²) in [7, 11) is 1.66. The molecule has 0 saturated carbocycles. The standard InChI is InChI=1S/C21H24F2N2O2/c1-27-18-5-2-15(3-6-18)12-16-8-10-25(11-9-16)14-21(26)24-20-7-4-17(22)13-19(20)23/h2-7,13,16H,8-12,14H2,1H3,(H,24,26). The maximum atomic E-state index is 13.6. The van der Waals surface area contributed by atoms with Gasteiger partial charge in [-0.15, -0.1) is 0 Å². The van der Waals surface area contributed by atoms with Gasteiger partial charge < -0.3 is 10.1 Å². The Morgan fingerprint density at radius 2 is 1.85 bits per heavy atom. The summed E-state index contributed by atoms with van der Waals surface area (Å²) in [4.78, 5) is 14.2. The van der Waals surface area contributed by atoms with Crippen molar-refractivity contribution in [3.05, 3.63) is 59.7 Å². The molecule has 1 N–H and O–H groups in total. The smallest absolute Gasteiger partial charge is 0.238 e. The van der Waals surface area contributed by atoms with E-state index in [1.165, 1.54) is 11.6 Å². The van der Waals surface area contributed by atoms with Crippen LogP contribution in [-0.4, -0.2) is 37.6 Å². The third kappa shape index (κ3) is 5.50. The number of anilines is 1. The van der Waals surface area contributed by atoms with Crippen LogP contribution in [-0.2, 0) is 11.2 Å². The highest BCUT2D eigenvalue weighted by molar-refractivity contribution is 5.92. The van der Waals surface area contributed by atoms with Crippen molar-refractivity contribution >= 4 is 11.6 Å². The van der Waals surface area contributed by atoms with Gasteiger partial charge in [0, 0.05) is 6.07 Å². The van der Waals surface area contributed by atoms with E-state index < -0.39 is 11.6 Å². The average molecular weight is 374 g/mol. The van der Waals surface area contributed by atoms with Gasteiger partial charge in [0.1, 0.15) is 17.4 Å². The lowest BCUT2D eigenvalue weighted by Gasteiger charge is -2.31. The number of rotatable bonds is 6. The molecular weight excluding hydrogens is 350 g/mol. The Bertz CT molecular complexity index is 772. The Morgan fingerprint density at radius 1 is 1.15 bits per heavy atom. The van der Waals surface area contributed by atoms with Crippen LogP contribution >= 0.6 is 0 Å². The second kappa shape index (κ2) is 8.95. The van der Waals surface area contributed by atoms with Crippen molar-refractivity contribution in [3.8, 4) is 5.75 Å². The van der Waals surface area contributed by atoms with Crippen molar-refractivity contribution in [3.63, 3.8) is 0 Å². The zero-order chi connectivity index (χ0) is 19.2. The van der Waals surface area contributed by atoms with Crippen molar-refractivity contribution in [2.24, 2.45) is 5.92 Å². The molecule has 0 aromatic heterocycles. The minimum atomic E-state index is -0.762. The normalized spacial score (nSPS) is 15.5. The molecule has 1 fully saturated rings. The lowest BCUT2D eigenvalue weighted by atomic mass is 9.90. The molecule has 3 rings (SSSR count). The topological polar surface area (TPSA) is 41.6 Å². The van der Waals surface area contributed by atoms with E-state index in [0.29, 0.717) is 5.92 Å². The predicted molar refractivity (Wildman–Crippen MR) is 101 cm³/mol. The number of hydrogen-bond donors (Lipinski definition) is 1. The van der Waals surface area contributed by atoms with Gasteiger partial charge in [0.25, 0.3) is 0 Å². The molecule has 1 amide bonds. The largest absolute Gasteiger partial charge is 0.497 e. The third-order valence-corrected chi connectivity index (χ3v) is 4.96. The van der Waals surface area contributed by atoms with E-state index in [4.69, 9.17) is 4.74 Å². The zero-order valence-electron chi connectivity index (χ0n) is 15.4. The van der Waals surface area contributed by atoms with Crippen LogP contribution in [0.1, 0.15) is 18.4 Å². The fraction of sp³-hybridized carbons (Fsp3) is 0.381. The van der Waals surface area contributed by atoms with Crippen LogP contribution in [0.5, 0.6) is 5.75 Å². The van der Waals surface area contributed by atoms with E-state index in [9.17, 15) is 13.6 Å². The molecule has 1 aliphatic heterocycles. The first-order chi connectivity index (χ1) is 13.0. The van der Waals surface area contributed by atoms with Crippen LogP contribution in [0.25, 0.3) is 0 Å². The number of benzene rings is 2. The van der Waals surface area contributed by atoms with Crippen LogP contribution in [0.3, 0.4) is 0 Å². The number of methoxy groups -OCH3 is 1. The van der Waals surface area contributed by atoms with Gasteiger partial charge in [0.2, 0.25) is 5.91 Å². The zero-order valence-corrected chi connectivity index (χ0v) is 15.4. The number of amides is 1. The first kappa shape index (κ1) is 19.3. The van der Waals surface area contributed by atoms with Gasteiger partial charge in [-0.3, -0.25) is 9.69 Å². The fourth-order valence-electron chi connectivity index (χ4n) is 3.43. The van der Waals surface area contributed by atoms with E-state index in [0.717, 1.165) is 50.2 Å². The highest BCUT2D eigenvalue weighted by Gasteiger charge is 2.21. The molecular formula is C21H24F2N2O2. The number of likely N-dealkylation sites (tertiary alicyclic amines) is 1. The summed E-state index contributed by atoms with van der Waals surface area (Å²) in [5, 5.41) is 2.51. The Morgan fingerprint density at radius 3 is 2.48 bits per heavy atom. The third-order valence-electron chi connectivity index (χ3n) is 4.96. The Balaban J connectivity index is 1.44. The summed E-state index contributed by atoms with van der Waals surface area (Å²) in [6.45, 7) is 1.88. The quantitative estimate of drug-likeness (QED) is 0.835. The van der Waals surface area contributed by atoms with Crippen LogP contribution in [0.15, 0.2) is 42.5 Å². The van der Waals surface area contributed by atoms with Crippen molar-refractivity contribution in [1.29, 1.82) is 0 Å². The molecule has 6 heteroatoms. The van der Waals surface area contributed by atoms with E-state index in [1.54, 1.807) is 7.11 Å². The maximum absolute atomic E-state index is 13.6. The molecule has 2 aromatic rings. The SMILES string of the molecule is COc1ccc(CC2CCN(CC(=O)Nc3ccc(F)cc3F)CC2)cc1. The molecule has 1 saturated heterocycles. The second-order valence-corrected chi connectivity index (χ2v) is 6.94. The molecule has 1 heterocycles. The number of carbonyl (C=O) groups excluding carboxylic acids is 1. The van der Waals surface area contributed by atoms with Gasteiger partial charge in [0.05, 0.1) is 19.3 Å². The minimum absolute atomic E-state index is 0.00999. The number of halogens is 2. The first-order valence-corrected chi connectivity index (χ1v) is 9.13. The summed E-state index contributed by atoms with van der Waals surface area (Å²) >= 11 is 0. The number of ether oxygens (including phenoxy) is 1. The van der Waals surface area contributed by atoms with Crippen molar-refractivity contribution in [1.82, 2.24) is 4.90 Å². The molecule has 0 aliphatic carbocycles. The van der Waals surface area contributed by atoms with Gasteiger partial charge in [-0.2, -0.15) is 0 Å². The summed E-state index contributed by atoms with van der Waals surface area (Å²) in [5.41, 5.74) is 1.30. The average Bonchev–Trinajstić information content (AvgIpc) is 2.66. The van der Waals surface area contributed by atoms with Crippen LogP contribution in [0, 0.1) is 17.6 Å². The van der Waals surface area contributed by atoms with Crippen LogP contribution in [0.4, 0.5) is 14.5 Å². The van der Waals surface area contributed by atoms with E-state index in [2.05, 4.69) is 22.3 Å². The number of nitrogens with one attached hydrogen (secondary N) is 1. The van der Waals surface area contributed by atoms with Crippen molar-refractivity contribution < 1.29 is 18.3 Å². The van der Waals surface area contributed by atoms with Gasteiger partial charge in [-0.1, -0.05) is 12.1 Å². The molecule has 1 aliphatic rings. The fourth-order valence-corrected chi connectivity index (χ4v) is 3.43. The molecule has 0 atom stereocenters. The number of piperidine rings is 1. The molecule has 144 valence electrons. The van der Waals surface area contributed by atoms with E-state index >= 15 is 0 Å². The molecule has 0 bridgehead atoms. The highest BCUT2D eigenvalue weighted by Crippen LogP contribution is 2.23. The van der Waals surface area contributed by atoms with E-state index in [-0.39, 0.29) is 18.1 Å². The summed E-state index contributed by atoms with van der Waals surface area (Å²) < 4.78 is 31.7. The second-order valence-electron chi connectivity index (χ2n) is 6.94. The van der Waals surface area contributed by atoms with Gasteiger partial charge in [-0.05, 0) is 68.1 Å². The van der Waals surface area contributed by atoms with Gasteiger partial charge in [-0.25, -0.2) is 8.78 Å². The molecule has 0 radical (unpaired) electrons. The monoisotopic (exact) mass is 374 g/mol. The maximum Gasteiger partial charge on any atom is 0.238 e. The Hall–Kier alpha value is -2.47. The van der Waals surface area contributed by atoms with Crippen molar-refractivity contribution in [2.45, 2.75) is 19.3 Å². The summed E-state index contributed by atoms with van der Waals surface area (Å²) in [5.74, 6) is -0.260. The summed E-state index contributed by atoms with van der Waals surface area (Å²) in [6, 6.07) is 11.3. The lowest BCUT2D eigenvalue weighted by molar-refractivity contribution is -0.117. The Labute approximate surface area is 158 Å². The molecule has 4 nitrogen and oxygen atoms in total. The van der Waals surface area contributed by atoms with Crippen LogP contribution < -0.4 is 10.1 Å². The predicted octanol–water partition coefficient (Wildman–Crippen LogP) is 3.87. The Kier molecular flexibility index (Phi) is 6.40. The minimum Gasteiger partial charge on any atom is -0.497 e. The number of hydrogen-bond acceptors (Lipinski definition) is 3. The highest BCUT2D eigenvalue weighted by atomic mass is 19.1. The van der Waals surface area contributed by atoms with Crippen molar-refractivity contribution in [2.75, 3.05) is 32.1 Å². The molecule has 27 heavy (non-hydrogen) atoms. The molecule has 0 unspecified atom stereocenters. The number of carbonyl (C=O) groups is 1. The lowest BCUT2D eigenvalue weighted by Crippen LogP contribution is -2.39. The van der Waals surface area contributed by atoms with Gasteiger partial charge >= 0.3 is 0 Å². The molecule has 0 spiro atoms. The molecule has 2 aromatic carbocycles. The summed E-state index contributed by atoms with van der Waals surface area (Å²) in [6.07, 6.45) is 3.05. The van der Waals surface area contributed by atoms with E-state index in [1.807, 2.05) is 12.1 Å². The number of nitrogens with zero attached hydrogens (tertiary/aromatic N) is 1. The first-order valence-electron chi connectivity index (χ1n) is 9.13. The van der Waals surface area contributed by atoms with Gasteiger partial charge in [0.15, 0.2) is 0 Å². The van der Waals surface area contributed by atoms with Crippen LogP contribution in [0.2, 0.25) is 0 Å².